The second kappa shape index (κ2) is 7.57. The van der Waals surface area contributed by atoms with Gasteiger partial charge in [-0.2, -0.15) is 0 Å². The van der Waals surface area contributed by atoms with Gasteiger partial charge in [-0.1, -0.05) is 39.0 Å². The van der Waals surface area contributed by atoms with Crippen molar-refractivity contribution in [2.75, 3.05) is 21.3 Å². The molecule has 0 aliphatic carbocycles. The van der Waals surface area contributed by atoms with E-state index in [1.165, 1.54) is 5.56 Å². The zero-order valence-corrected chi connectivity index (χ0v) is 17.0. The van der Waals surface area contributed by atoms with Gasteiger partial charge in [0.25, 0.3) is 0 Å². The Morgan fingerprint density at radius 3 is 2.30 bits per heavy atom. The SMILES string of the molecule is CNCc1nc(-c2cccc(C(C)(C)C)c2)cc2cc(OC)c(OC)cc12. The molecule has 2 aromatic carbocycles. The van der Waals surface area contributed by atoms with Gasteiger partial charge in [-0.25, -0.2) is 0 Å². The number of methoxy groups -OCH3 is 2. The summed E-state index contributed by atoms with van der Waals surface area (Å²) in [6.07, 6.45) is 0. The summed E-state index contributed by atoms with van der Waals surface area (Å²) >= 11 is 0. The highest BCUT2D eigenvalue weighted by atomic mass is 16.5. The van der Waals surface area contributed by atoms with Crippen LogP contribution in [0.4, 0.5) is 0 Å². The highest BCUT2D eigenvalue weighted by Crippen LogP contribution is 2.35. The Morgan fingerprint density at radius 2 is 1.67 bits per heavy atom. The highest BCUT2D eigenvalue weighted by molar-refractivity contribution is 5.90. The molecule has 0 radical (unpaired) electrons. The van der Waals surface area contributed by atoms with Gasteiger partial charge in [0, 0.05) is 17.5 Å². The molecule has 0 aliphatic heterocycles. The number of rotatable bonds is 5. The average Bonchev–Trinajstić information content (AvgIpc) is 2.66. The molecule has 27 heavy (non-hydrogen) atoms. The molecule has 0 amide bonds. The normalized spacial score (nSPS) is 11.6. The topological polar surface area (TPSA) is 43.4 Å². The molecular weight excluding hydrogens is 336 g/mol. The molecule has 0 saturated carbocycles. The Labute approximate surface area is 161 Å². The molecule has 4 nitrogen and oxygen atoms in total. The molecule has 1 heterocycles. The molecule has 0 fully saturated rings. The van der Waals surface area contributed by atoms with E-state index in [1.54, 1.807) is 14.2 Å². The first kappa shape index (κ1) is 19.2. The Hall–Kier alpha value is -2.59. The van der Waals surface area contributed by atoms with Gasteiger partial charge in [-0.05, 0) is 47.7 Å². The third-order valence-corrected chi connectivity index (χ3v) is 4.78. The van der Waals surface area contributed by atoms with Crippen molar-refractivity contribution in [1.29, 1.82) is 0 Å². The molecule has 0 spiro atoms. The minimum atomic E-state index is 0.0945. The summed E-state index contributed by atoms with van der Waals surface area (Å²) in [7, 11) is 5.25. The molecule has 142 valence electrons. The predicted molar refractivity (Wildman–Crippen MR) is 112 cm³/mol. The summed E-state index contributed by atoms with van der Waals surface area (Å²) in [5.74, 6) is 1.44. The number of nitrogens with one attached hydrogen (secondary N) is 1. The number of hydrogen-bond acceptors (Lipinski definition) is 4. The minimum absolute atomic E-state index is 0.0945. The summed E-state index contributed by atoms with van der Waals surface area (Å²) in [5.41, 5.74) is 4.47. The van der Waals surface area contributed by atoms with E-state index < -0.39 is 0 Å². The number of fused-ring (bicyclic) bond motifs is 1. The molecule has 1 aromatic heterocycles. The average molecular weight is 364 g/mol. The maximum atomic E-state index is 5.49. The van der Waals surface area contributed by atoms with Crippen LogP contribution < -0.4 is 14.8 Å². The fourth-order valence-corrected chi connectivity index (χ4v) is 3.24. The zero-order chi connectivity index (χ0) is 19.6. The summed E-state index contributed by atoms with van der Waals surface area (Å²) in [6, 6.07) is 14.8. The van der Waals surface area contributed by atoms with E-state index in [-0.39, 0.29) is 5.41 Å². The second-order valence-electron chi connectivity index (χ2n) is 7.74. The number of nitrogens with zero attached hydrogens (tertiary/aromatic N) is 1. The maximum Gasteiger partial charge on any atom is 0.161 e. The fraction of sp³-hybridized carbons (Fsp3) is 0.348. The fourth-order valence-electron chi connectivity index (χ4n) is 3.24. The number of pyridine rings is 1. The van der Waals surface area contributed by atoms with Crippen molar-refractivity contribution < 1.29 is 9.47 Å². The molecule has 0 aliphatic rings. The standard InChI is InChI=1S/C23H28N2O2/c1-23(2,3)17-9-7-8-15(10-17)19-11-16-12-21(26-5)22(27-6)13-18(16)20(25-19)14-24-4/h7-13,24H,14H2,1-6H3. The smallest absolute Gasteiger partial charge is 0.161 e. The summed E-state index contributed by atoms with van der Waals surface area (Å²) in [5, 5.41) is 5.38. The minimum Gasteiger partial charge on any atom is -0.493 e. The quantitative estimate of drug-likeness (QED) is 0.697. The maximum absolute atomic E-state index is 5.49. The largest absolute Gasteiger partial charge is 0.493 e. The van der Waals surface area contributed by atoms with E-state index in [4.69, 9.17) is 14.5 Å². The number of ether oxygens (including phenoxy) is 2. The van der Waals surface area contributed by atoms with Crippen LogP contribution >= 0.6 is 0 Å². The Morgan fingerprint density at radius 1 is 0.963 bits per heavy atom. The first-order valence-electron chi connectivity index (χ1n) is 9.18. The van der Waals surface area contributed by atoms with Crippen LogP contribution in [0, 0.1) is 0 Å². The summed E-state index contributed by atoms with van der Waals surface area (Å²) < 4.78 is 11.0. The van der Waals surface area contributed by atoms with Gasteiger partial charge < -0.3 is 14.8 Å². The molecule has 4 heteroatoms. The summed E-state index contributed by atoms with van der Waals surface area (Å²) in [4.78, 5) is 4.96. The van der Waals surface area contributed by atoms with Crippen LogP contribution in [-0.2, 0) is 12.0 Å². The van der Waals surface area contributed by atoms with E-state index >= 15 is 0 Å². The van der Waals surface area contributed by atoms with Gasteiger partial charge in [0.05, 0.1) is 25.6 Å². The number of hydrogen-bond donors (Lipinski definition) is 1. The van der Waals surface area contributed by atoms with Crippen LogP contribution in [0.5, 0.6) is 11.5 Å². The monoisotopic (exact) mass is 364 g/mol. The van der Waals surface area contributed by atoms with Gasteiger partial charge in [0.2, 0.25) is 0 Å². The van der Waals surface area contributed by atoms with Crippen molar-refractivity contribution in [3.8, 4) is 22.8 Å². The number of benzene rings is 2. The molecule has 3 aromatic rings. The van der Waals surface area contributed by atoms with E-state index in [2.05, 4.69) is 56.4 Å². The van der Waals surface area contributed by atoms with Crippen molar-refractivity contribution >= 4 is 10.8 Å². The van der Waals surface area contributed by atoms with E-state index in [9.17, 15) is 0 Å². The lowest BCUT2D eigenvalue weighted by molar-refractivity contribution is 0.356. The van der Waals surface area contributed by atoms with Crippen molar-refractivity contribution in [2.45, 2.75) is 32.7 Å². The van der Waals surface area contributed by atoms with Gasteiger partial charge in [0.1, 0.15) is 0 Å². The van der Waals surface area contributed by atoms with Crippen molar-refractivity contribution in [1.82, 2.24) is 10.3 Å². The van der Waals surface area contributed by atoms with Crippen LogP contribution in [0.15, 0.2) is 42.5 Å². The molecule has 3 rings (SSSR count). The Bertz CT molecular complexity index is 958. The Kier molecular flexibility index (Phi) is 5.38. The van der Waals surface area contributed by atoms with Crippen LogP contribution in [-0.4, -0.2) is 26.3 Å². The Balaban J connectivity index is 2.22. The van der Waals surface area contributed by atoms with E-state index in [0.29, 0.717) is 12.3 Å². The van der Waals surface area contributed by atoms with Crippen LogP contribution in [0.1, 0.15) is 32.0 Å². The van der Waals surface area contributed by atoms with Gasteiger partial charge in [0.15, 0.2) is 11.5 Å². The lowest BCUT2D eigenvalue weighted by Crippen LogP contribution is -2.11. The molecule has 0 atom stereocenters. The van der Waals surface area contributed by atoms with Gasteiger partial charge in [-0.3, -0.25) is 4.98 Å². The van der Waals surface area contributed by atoms with Crippen molar-refractivity contribution in [2.24, 2.45) is 0 Å². The van der Waals surface area contributed by atoms with E-state index in [1.807, 2.05) is 19.2 Å². The first-order chi connectivity index (χ1) is 12.9. The van der Waals surface area contributed by atoms with Crippen LogP contribution in [0.2, 0.25) is 0 Å². The lowest BCUT2D eigenvalue weighted by Gasteiger charge is -2.20. The first-order valence-corrected chi connectivity index (χ1v) is 9.18. The number of aromatic nitrogens is 1. The molecule has 0 saturated heterocycles. The molecule has 0 unspecified atom stereocenters. The molecule has 1 N–H and O–H groups in total. The predicted octanol–water partition coefficient (Wildman–Crippen LogP) is 4.94. The molecular formula is C23H28N2O2. The molecule has 0 bridgehead atoms. The van der Waals surface area contributed by atoms with E-state index in [0.717, 1.165) is 33.5 Å². The van der Waals surface area contributed by atoms with Crippen LogP contribution in [0.25, 0.3) is 22.0 Å². The van der Waals surface area contributed by atoms with Gasteiger partial charge in [-0.15, -0.1) is 0 Å². The van der Waals surface area contributed by atoms with Crippen molar-refractivity contribution in [3.05, 3.63) is 53.7 Å². The zero-order valence-electron chi connectivity index (χ0n) is 17.0. The van der Waals surface area contributed by atoms with Gasteiger partial charge >= 0.3 is 0 Å². The highest BCUT2D eigenvalue weighted by Gasteiger charge is 2.16. The van der Waals surface area contributed by atoms with Crippen molar-refractivity contribution in [3.63, 3.8) is 0 Å². The second-order valence-corrected chi connectivity index (χ2v) is 7.74. The van der Waals surface area contributed by atoms with Crippen LogP contribution in [0.3, 0.4) is 0 Å². The third-order valence-electron chi connectivity index (χ3n) is 4.78. The lowest BCUT2D eigenvalue weighted by atomic mass is 9.86. The summed E-state index contributed by atoms with van der Waals surface area (Å²) in [6.45, 7) is 7.36. The third kappa shape index (κ3) is 3.91.